The van der Waals surface area contributed by atoms with Crippen LogP contribution in [0.2, 0.25) is 0 Å². The van der Waals surface area contributed by atoms with Gasteiger partial charge >= 0.3 is 0 Å². The molecule has 3 aromatic rings. The molecule has 0 saturated carbocycles. The Morgan fingerprint density at radius 2 is 1.86 bits per heavy atom. The molecule has 190 valence electrons. The number of thiophene rings is 1. The maximum absolute atomic E-state index is 13.5. The lowest BCUT2D eigenvalue weighted by Gasteiger charge is -2.33. The predicted octanol–water partition coefficient (Wildman–Crippen LogP) is 7.73. The van der Waals surface area contributed by atoms with Crippen LogP contribution in [0.25, 0.3) is 0 Å². The van der Waals surface area contributed by atoms with Crippen LogP contribution in [-0.2, 0) is 12.8 Å². The number of amides is 1. The molecule has 1 aromatic carbocycles. The number of rotatable bonds is 5. The fourth-order valence-electron chi connectivity index (χ4n) is 5.28. The third kappa shape index (κ3) is 5.44. The largest absolute Gasteiger partial charge is 0.440 e. The van der Waals surface area contributed by atoms with Crippen LogP contribution in [0.4, 0.5) is 16.6 Å². The van der Waals surface area contributed by atoms with Gasteiger partial charge in [0.05, 0.1) is 11.8 Å². The average Bonchev–Trinajstić information content (AvgIpc) is 3.47. The van der Waals surface area contributed by atoms with Gasteiger partial charge in [-0.25, -0.2) is 4.99 Å². The Hall–Kier alpha value is -2.86. The lowest BCUT2D eigenvalue weighted by molar-refractivity contribution is 0.102. The van der Waals surface area contributed by atoms with Gasteiger partial charge in [0.25, 0.3) is 5.91 Å². The summed E-state index contributed by atoms with van der Waals surface area (Å²) in [6.07, 6.45) is 7.18. The molecule has 2 aromatic heterocycles. The summed E-state index contributed by atoms with van der Waals surface area (Å²) in [4.78, 5) is 21.9. The SMILES string of the molecule is CC1CCN(c2ccc(C=Nc3sc4c(c3C(=O)Nc3ccccc3)CC[C@H](C(C)(C)C)C4)o2)CC1. The van der Waals surface area contributed by atoms with Crippen molar-refractivity contribution in [3.8, 4) is 0 Å². The third-order valence-corrected chi connectivity index (χ3v) is 8.91. The number of hydrogen-bond acceptors (Lipinski definition) is 5. The van der Waals surface area contributed by atoms with Gasteiger partial charge in [-0.1, -0.05) is 45.9 Å². The van der Waals surface area contributed by atoms with Gasteiger partial charge in [0.2, 0.25) is 0 Å². The molecule has 5 rings (SSSR count). The van der Waals surface area contributed by atoms with Gasteiger partial charge in [-0.05, 0) is 73.1 Å². The number of benzene rings is 1. The number of nitrogens with one attached hydrogen (secondary N) is 1. The number of hydrogen-bond donors (Lipinski definition) is 1. The highest BCUT2D eigenvalue weighted by atomic mass is 32.1. The van der Waals surface area contributed by atoms with Crippen molar-refractivity contribution in [2.75, 3.05) is 23.3 Å². The Labute approximate surface area is 218 Å². The van der Waals surface area contributed by atoms with E-state index in [2.05, 4.69) is 37.9 Å². The third-order valence-electron chi connectivity index (χ3n) is 7.75. The fourth-order valence-corrected chi connectivity index (χ4v) is 6.55. The highest BCUT2D eigenvalue weighted by Gasteiger charge is 2.33. The van der Waals surface area contributed by atoms with Crippen molar-refractivity contribution in [3.63, 3.8) is 0 Å². The molecular weight excluding hydrogens is 466 g/mol. The first-order valence-corrected chi connectivity index (χ1v) is 14.0. The summed E-state index contributed by atoms with van der Waals surface area (Å²) in [6.45, 7) is 11.3. The molecule has 3 heterocycles. The summed E-state index contributed by atoms with van der Waals surface area (Å²) in [6, 6.07) is 13.7. The van der Waals surface area contributed by atoms with E-state index in [1.54, 1.807) is 17.6 Å². The van der Waals surface area contributed by atoms with E-state index in [1.807, 2.05) is 42.5 Å². The summed E-state index contributed by atoms with van der Waals surface area (Å²) in [7, 11) is 0. The van der Waals surface area contributed by atoms with Crippen LogP contribution >= 0.6 is 11.3 Å². The second-order valence-electron chi connectivity index (χ2n) is 11.4. The number of carbonyl (C=O) groups is 1. The summed E-state index contributed by atoms with van der Waals surface area (Å²) in [5.74, 6) is 2.93. The standard InChI is InChI=1S/C30H37N3O2S/c1-20-14-16-33(17-15-20)26-13-11-23(35-26)19-31-29-27(28(34)32-22-8-6-5-7-9-22)24-12-10-21(30(2,3)4)18-25(24)36-29/h5-9,11,13,19-21H,10,12,14-18H2,1-4H3,(H,32,34)/t21-/m0/s1. The van der Waals surface area contributed by atoms with Crippen molar-refractivity contribution in [2.24, 2.45) is 22.2 Å². The Bertz CT molecular complexity index is 1230. The first kappa shape index (κ1) is 24.8. The van der Waals surface area contributed by atoms with Gasteiger partial charge in [-0.15, -0.1) is 11.3 Å². The normalized spacial score (nSPS) is 19.0. The zero-order chi connectivity index (χ0) is 25.3. The minimum absolute atomic E-state index is 0.0809. The van der Waals surface area contributed by atoms with Crippen LogP contribution in [0.15, 0.2) is 51.9 Å². The highest BCUT2D eigenvalue weighted by Crippen LogP contribution is 2.45. The molecule has 36 heavy (non-hydrogen) atoms. The van der Waals surface area contributed by atoms with Gasteiger partial charge in [0.1, 0.15) is 10.8 Å². The van der Waals surface area contributed by atoms with Gasteiger partial charge < -0.3 is 14.6 Å². The molecule has 5 nitrogen and oxygen atoms in total. The molecular formula is C30H37N3O2S. The molecule has 1 fully saturated rings. The van der Waals surface area contributed by atoms with Crippen LogP contribution < -0.4 is 10.2 Å². The number of fused-ring (bicyclic) bond motifs is 1. The van der Waals surface area contributed by atoms with E-state index in [0.717, 1.165) is 66.2 Å². The summed E-state index contributed by atoms with van der Waals surface area (Å²) in [5.41, 5.74) is 2.93. The van der Waals surface area contributed by atoms with E-state index in [-0.39, 0.29) is 11.3 Å². The van der Waals surface area contributed by atoms with Gasteiger partial charge in [0, 0.05) is 29.7 Å². The number of para-hydroxylation sites is 1. The van der Waals surface area contributed by atoms with Gasteiger partial charge in [-0.2, -0.15) is 0 Å². The number of furan rings is 1. The first-order chi connectivity index (χ1) is 17.3. The lowest BCUT2D eigenvalue weighted by atomic mass is 9.72. The maximum Gasteiger partial charge on any atom is 0.259 e. The molecule has 1 aliphatic carbocycles. The average molecular weight is 504 g/mol. The summed E-state index contributed by atoms with van der Waals surface area (Å²) in [5, 5.41) is 3.86. The summed E-state index contributed by atoms with van der Waals surface area (Å²) < 4.78 is 6.12. The molecule has 0 spiro atoms. The fraction of sp³-hybridized carbons (Fsp3) is 0.467. The smallest absolute Gasteiger partial charge is 0.259 e. The van der Waals surface area contributed by atoms with Crippen LogP contribution in [-0.4, -0.2) is 25.2 Å². The Kier molecular flexibility index (Phi) is 7.07. The molecule has 0 bridgehead atoms. The number of nitrogens with zero attached hydrogens (tertiary/aromatic N) is 2. The quantitative estimate of drug-likeness (QED) is 0.362. The van der Waals surface area contributed by atoms with Crippen molar-refractivity contribution >= 4 is 40.0 Å². The van der Waals surface area contributed by atoms with Crippen molar-refractivity contribution < 1.29 is 9.21 Å². The second-order valence-corrected chi connectivity index (χ2v) is 12.5. The molecule has 6 heteroatoms. The lowest BCUT2D eigenvalue weighted by Crippen LogP contribution is -2.32. The molecule has 1 saturated heterocycles. The number of aliphatic imine (C=N–C) groups is 1. The topological polar surface area (TPSA) is 57.8 Å². The van der Waals surface area contributed by atoms with E-state index < -0.39 is 0 Å². The van der Waals surface area contributed by atoms with Crippen molar-refractivity contribution in [1.29, 1.82) is 0 Å². The monoisotopic (exact) mass is 503 g/mol. The number of piperidine rings is 1. The molecule has 1 amide bonds. The molecule has 0 unspecified atom stereocenters. The molecule has 2 aliphatic rings. The molecule has 0 radical (unpaired) electrons. The molecule has 1 N–H and O–H groups in total. The zero-order valence-electron chi connectivity index (χ0n) is 21.8. The van der Waals surface area contributed by atoms with E-state index >= 15 is 0 Å². The van der Waals surface area contributed by atoms with Gasteiger partial charge in [0.15, 0.2) is 5.88 Å². The Morgan fingerprint density at radius 1 is 1.11 bits per heavy atom. The van der Waals surface area contributed by atoms with Crippen molar-refractivity contribution in [3.05, 3.63) is 64.2 Å². The highest BCUT2D eigenvalue weighted by molar-refractivity contribution is 7.16. The summed E-state index contributed by atoms with van der Waals surface area (Å²) >= 11 is 1.66. The zero-order valence-corrected chi connectivity index (χ0v) is 22.7. The molecule has 1 aliphatic heterocycles. The van der Waals surface area contributed by atoms with E-state index in [9.17, 15) is 4.79 Å². The van der Waals surface area contributed by atoms with Crippen LogP contribution in [0.5, 0.6) is 0 Å². The van der Waals surface area contributed by atoms with Crippen LogP contribution in [0.3, 0.4) is 0 Å². The minimum atomic E-state index is -0.0809. The van der Waals surface area contributed by atoms with E-state index in [1.165, 1.54) is 23.3 Å². The number of anilines is 2. The Morgan fingerprint density at radius 3 is 2.58 bits per heavy atom. The van der Waals surface area contributed by atoms with Gasteiger partial charge in [-0.3, -0.25) is 4.79 Å². The number of carbonyl (C=O) groups excluding carboxylic acids is 1. The van der Waals surface area contributed by atoms with E-state index in [4.69, 9.17) is 9.41 Å². The van der Waals surface area contributed by atoms with E-state index in [0.29, 0.717) is 5.92 Å². The predicted molar refractivity (Wildman–Crippen MR) is 150 cm³/mol. The Balaban J connectivity index is 1.42. The molecule has 1 atom stereocenters. The van der Waals surface area contributed by atoms with Crippen LogP contribution in [0, 0.1) is 17.3 Å². The maximum atomic E-state index is 13.5. The van der Waals surface area contributed by atoms with Crippen molar-refractivity contribution in [2.45, 2.75) is 59.8 Å². The van der Waals surface area contributed by atoms with Crippen molar-refractivity contribution in [1.82, 2.24) is 0 Å². The minimum Gasteiger partial charge on any atom is -0.440 e. The van der Waals surface area contributed by atoms with Crippen LogP contribution in [0.1, 0.15) is 73.5 Å². The second kappa shape index (κ2) is 10.3. The first-order valence-electron chi connectivity index (χ1n) is 13.2.